The first-order valence-corrected chi connectivity index (χ1v) is 11.7. The maximum atomic E-state index is 12.9. The standard InChI is InChI=1S/C20H23N3O4S2/c1-22(2)12-13-23(18(24)14-27-15-8-5-4-6-9-15)20-21-19-16(28-20)10-7-11-17(19)29(3,25)26/h4-11H,12-14H2,1-3H3. The van der Waals surface area contributed by atoms with E-state index in [4.69, 9.17) is 4.74 Å². The average Bonchev–Trinajstić information content (AvgIpc) is 3.10. The van der Waals surface area contributed by atoms with Crippen molar-refractivity contribution in [2.24, 2.45) is 0 Å². The predicted molar refractivity (Wildman–Crippen MR) is 116 cm³/mol. The number of anilines is 1. The molecule has 0 aliphatic carbocycles. The lowest BCUT2D eigenvalue weighted by molar-refractivity contribution is -0.120. The van der Waals surface area contributed by atoms with Crippen LogP contribution in [0.4, 0.5) is 5.13 Å². The van der Waals surface area contributed by atoms with Gasteiger partial charge in [0, 0.05) is 19.3 Å². The van der Waals surface area contributed by atoms with Crippen LogP contribution in [0.5, 0.6) is 5.75 Å². The summed E-state index contributed by atoms with van der Waals surface area (Å²) in [7, 11) is 0.414. The number of thiazole rings is 1. The van der Waals surface area contributed by atoms with E-state index in [2.05, 4.69) is 4.98 Å². The number of nitrogens with zero attached hydrogens (tertiary/aromatic N) is 3. The quantitative estimate of drug-likeness (QED) is 0.543. The van der Waals surface area contributed by atoms with Gasteiger partial charge in [-0.3, -0.25) is 9.69 Å². The fraction of sp³-hybridized carbons (Fsp3) is 0.300. The van der Waals surface area contributed by atoms with Crippen molar-refractivity contribution in [1.29, 1.82) is 0 Å². The number of benzene rings is 2. The Morgan fingerprint density at radius 2 is 1.79 bits per heavy atom. The first-order valence-electron chi connectivity index (χ1n) is 8.98. The zero-order chi connectivity index (χ0) is 21.0. The first-order chi connectivity index (χ1) is 13.8. The highest BCUT2D eigenvalue weighted by Gasteiger charge is 2.23. The molecule has 1 amide bonds. The highest BCUT2D eigenvalue weighted by atomic mass is 32.2. The van der Waals surface area contributed by atoms with E-state index in [0.29, 0.717) is 29.5 Å². The number of fused-ring (bicyclic) bond motifs is 1. The van der Waals surface area contributed by atoms with Crippen LogP contribution in [0.25, 0.3) is 10.2 Å². The van der Waals surface area contributed by atoms with Gasteiger partial charge in [-0.15, -0.1) is 0 Å². The van der Waals surface area contributed by atoms with Crippen molar-refractivity contribution in [3.05, 3.63) is 48.5 Å². The van der Waals surface area contributed by atoms with E-state index >= 15 is 0 Å². The second-order valence-corrected chi connectivity index (χ2v) is 9.82. The molecule has 29 heavy (non-hydrogen) atoms. The maximum absolute atomic E-state index is 12.9. The fourth-order valence-corrected chi connectivity index (χ4v) is 4.63. The molecule has 0 fully saturated rings. The first kappa shape index (κ1) is 21.2. The van der Waals surface area contributed by atoms with Crippen LogP contribution >= 0.6 is 11.3 Å². The van der Waals surface area contributed by atoms with Crippen LogP contribution < -0.4 is 9.64 Å². The fourth-order valence-electron chi connectivity index (χ4n) is 2.69. The van der Waals surface area contributed by atoms with E-state index in [1.165, 1.54) is 17.4 Å². The molecule has 2 aromatic carbocycles. The van der Waals surface area contributed by atoms with Gasteiger partial charge in [-0.1, -0.05) is 35.6 Å². The van der Waals surface area contributed by atoms with E-state index in [9.17, 15) is 13.2 Å². The molecule has 0 aliphatic heterocycles. The smallest absolute Gasteiger partial charge is 0.266 e. The molecular formula is C20H23N3O4S2. The van der Waals surface area contributed by atoms with Crippen molar-refractivity contribution in [3.8, 4) is 5.75 Å². The van der Waals surface area contributed by atoms with Crippen LogP contribution in [0.15, 0.2) is 53.4 Å². The largest absolute Gasteiger partial charge is 0.484 e. The average molecular weight is 434 g/mol. The number of carbonyl (C=O) groups is 1. The number of amides is 1. The molecule has 9 heteroatoms. The van der Waals surface area contributed by atoms with Crippen molar-refractivity contribution in [2.45, 2.75) is 4.90 Å². The van der Waals surface area contributed by atoms with Crippen molar-refractivity contribution in [3.63, 3.8) is 0 Å². The lowest BCUT2D eigenvalue weighted by atomic mass is 10.3. The van der Waals surface area contributed by atoms with Gasteiger partial charge in [0.15, 0.2) is 21.6 Å². The second kappa shape index (κ2) is 8.89. The van der Waals surface area contributed by atoms with Crippen LogP contribution in [0.1, 0.15) is 0 Å². The molecular weight excluding hydrogens is 410 g/mol. The van der Waals surface area contributed by atoms with Gasteiger partial charge >= 0.3 is 0 Å². The molecule has 0 radical (unpaired) electrons. The molecule has 3 rings (SSSR count). The number of likely N-dealkylation sites (N-methyl/N-ethyl adjacent to an activating group) is 1. The van der Waals surface area contributed by atoms with Gasteiger partial charge in [0.2, 0.25) is 0 Å². The normalized spacial score (nSPS) is 11.7. The Bertz CT molecular complexity index is 1100. The van der Waals surface area contributed by atoms with E-state index in [1.807, 2.05) is 37.2 Å². The Hall–Kier alpha value is -2.49. The third-order valence-electron chi connectivity index (χ3n) is 4.18. The minimum atomic E-state index is -3.43. The number of para-hydroxylation sites is 2. The Morgan fingerprint density at radius 3 is 2.45 bits per heavy atom. The van der Waals surface area contributed by atoms with E-state index < -0.39 is 9.84 Å². The monoisotopic (exact) mass is 433 g/mol. The maximum Gasteiger partial charge on any atom is 0.266 e. The second-order valence-electron chi connectivity index (χ2n) is 6.82. The molecule has 0 aliphatic rings. The minimum absolute atomic E-state index is 0.133. The summed E-state index contributed by atoms with van der Waals surface area (Å²) in [5.74, 6) is 0.368. The Balaban J connectivity index is 1.90. The lowest BCUT2D eigenvalue weighted by Crippen LogP contribution is -2.39. The number of hydrogen-bond donors (Lipinski definition) is 0. The number of ether oxygens (including phenoxy) is 1. The Labute approximate surface area is 174 Å². The number of carbonyl (C=O) groups excluding carboxylic acids is 1. The van der Waals surface area contributed by atoms with E-state index in [-0.39, 0.29) is 17.4 Å². The van der Waals surface area contributed by atoms with Crippen LogP contribution in [-0.4, -0.2) is 64.3 Å². The van der Waals surface area contributed by atoms with Crippen molar-refractivity contribution >= 4 is 42.4 Å². The SMILES string of the molecule is CN(C)CCN(C(=O)COc1ccccc1)c1nc2c(S(C)(=O)=O)cccc2s1. The third-order valence-corrected chi connectivity index (χ3v) is 6.35. The molecule has 154 valence electrons. The van der Waals surface area contributed by atoms with Crippen LogP contribution in [0.3, 0.4) is 0 Å². The molecule has 1 aromatic heterocycles. The highest BCUT2D eigenvalue weighted by molar-refractivity contribution is 7.91. The summed E-state index contributed by atoms with van der Waals surface area (Å²) in [4.78, 5) is 21.1. The molecule has 0 N–H and O–H groups in total. The summed E-state index contributed by atoms with van der Waals surface area (Å²) in [6, 6.07) is 14.1. The highest BCUT2D eigenvalue weighted by Crippen LogP contribution is 2.32. The van der Waals surface area contributed by atoms with Crippen LogP contribution in [0.2, 0.25) is 0 Å². The van der Waals surface area contributed by atoms with Gasteiger partial charge in [-0.2, -0.15) is 0 Å². The summed E-state index contributed by atoms with van der Waals surface area (Å²) in [6.07, 6.45) is 1.16. The van der Waals surface area contributed by atoms with E-state index in [1.54, 1.807) is 29.2 Å². The molecule has 0 saturated heterocycles. The van der Waals surface area contributed by atoms with Gasteiger partial charge in [0.1, 0.15) is 11.3 Å². The van der Waals surface area contributed by atoms with Gasteiger partial charge < -0.3 is 9.64 Å². The van der Waals surface area contributed by atoms with Crippen LogP contribution in [-0.2, 0) is 14.6 Å². The molecule has 0 spiro atoms. The van der Waals surface area contributed by atoms with Crippen molar-refractivity contribution < 1.29 is 17.9 Å². The number of rotatable bonds is 8. The van der Waals surface area contributed by atoms with E-state index in [0.717, 1.165) is 11.0 Å². The zero-order valence-electron chi connectivity index (χ0n) is 16.5. The molecule has 0 atom stereocenters. The third kappa shape index (κ3) is 5.31. The van der Waals surface area contributed by atoms with Gasteiger partial charge in [0.05, 0.1) is 9.60 Å². The minimum Gasteiger partial charge on any atom is -0.484 e. The summed E-state index contributed by atoms with van der Waals surface area (Å²) in [6.45, 7) is 0.913. The molecule has 3 aromatic rings. The number of aromatic nitrogens is 1. The zero-order valence-corrected chi connectivity index (χ0v) is 18.2. The molecule has 0 saturated carbocycles. The molecule has 0 unspecified atom stereocenters. The number of hydrogen-bond acceptors (Lipinski definition) is 7. The summed E-state index contributed by atoms with van der Waals surface area (Å²) < 4.78 is 30.5. The Kier molecular flexibility index (Phi) is 6.51. The molecule has 1 heterocycles. The topological polar surface area (TPSA) is 79.8 Å². The van der Waals surface area contributed by atoms with Crippen LogP contribution in [0, 0.1) is 0 Å². The van der Waals surface area contributed by atoms with Gasteiger partial charge in [-0.25, -0.2) is 13.4 Å². The van der Waals surface area contributed by atoms with Crippen molar-refractivity contribution in [1.82, 2.24) is 9.88 Å². The molecule has 0 bridgehead atoms. The summed E-state index contributed by atoms with van der Waals surface area (Å²) >= 11 is 1.29. The van der Waals surface area contributed by atoms with Crippen molar-refractivity contribution in [2.75, 3.05) is 44.9 Å². The Morgan fingerprint density at radius 1 is 1.07 bits per heavy atom. The summed E-state index contributed by atoms with van der Waals surface area (Å²) in [5, 5.41) is 0.458. The van der Waals surface area contributed by atoms with Gasteiger partial charge in [-0.05, 0) is 38.4 Å². The van der Waals surface area contributed by atoms with Gasteiger partial charge in [0.25, 0.3) is 5.91 Å². The lowest BCUT2D eigenvalue weighted by Gasteiger charge is -2.22. The predicted octanol–water partition coefficient (Wildman–Crippen LogP) is 2.67. The summed E-state index contributed by atoms with van der Waals surface area (Å²) in [5.41, 5.74) is 0.390. The number of sulfone groups is 1. The molecule has 7 nitrogen and oxygen atoms in total.